The minimum Gasteiger partial charge on any atom is -0.306 e. The van der Waals surface area contributed by atoms with Crippen LogP contribution in [0.25, 0.3) is 0 Å². The summed E-state index contributed by atoms with van der Waals surface area (Å²) in [5, 5.41) is 0. The minimum absolute atomic E-state index is 1.02. The fraction of sp³-hybridized carbons (Fsp3) is 0.647. The topological polar surface area (TPSA) is 19.4 Å². The molecule has 6 rings (SSSR count). The zero-order valence-corrected chi connectivity index (χ0v) is 26.6. The largest absolute Gasteiger partial charge is 0.306 e. The van der Waals surface area contributed by atoms with Gasteiger partial charge in [0.1, 0.15) is 0 Å². The molecule has 0 N–H and O–H groups in total. The molecule has 0 atom stereocenters. The van der Waals surface area contributed by atoms with Gasteiger partial charge in [0.25, 0.3) is 0 Å². The first-order chi connectivity index (χ1) is 19.3. The van der Waals surface area contributed by atoms with Crippen LogP contribution in [0.2, 0.25) is 0 Å². The Labute approximate surface area is 246 Å². The molecule has 2 aromatic carbocycles. The molecule has 4 aliphatic heterocycles. The summed E-state index contributed by atoms with van der Waals surface area (Å²) in [7, 11) is 13.5. The number of rotatable bonds is 0. The van der Waals surface area contributed by atoms with Gasteiger partial charge >= 0.3 is 0 Å². The molecule has 0 aliphatic carbocycles. The van der Waals surface area contributed by atoms with Gasteiger partial charge in [-0.05, 0) is 143 Å². The van der Waals surface area contributed by atoms with Crippen LogP contribution in [0, 0.1) is 0 Å². The van der Waals surface area contributed by atoms with Crippen LogP contribution >= 0.6 is 0 Å². The molecule has 6 nitrogen and oxygen atoms in total. The predicted octanol–water partition coefficient (Wildman–Crippen LogP) is 4.55. The van der Waals surface area contributed by atoms with E-state index in [-0.39, 0.29) is 0 Å². The molecule has 0 amide bonds. The van der Waals surface area contributed by atoms with Crippen molar-refractivity contribution in [3.63, 3.8) is 0 Å². The van der Waals surface area contributed by atoms with Crippen molar-refractivity contribution < 1.29 is 0 Å². The highest BCUT2D eigenvalue weighted by Crippen LogP contribution is 2.11. The summed E-state index contributed by atoms with van der Waals surface area (Å²) in [5.74, 6) is 0. The Bertz CT molecular complexity index is 779. The molecule has 0 unspecified atom stereocenters. The van der Waals surface area contributed by atoms with Gasteiger partial charge in [0.15, 0.2) is 0 Å². The van der Waals surface area contributed by atoms with Crippen LogP contribution in [0.1, 0.15) is 47.9 Å². The second-order valence-electron chi connectivity index (χ2n) is 12.6. The van der Waals surface area contributed by atoms with Crippen molar-refractivity contribution in [2.24, 2.45) is 0 Å². The van der Waals surface area contributed by atoms with Crippen molar-refractivity contribution in [1.82, 2.24) is 29.4 Å². The Kier molecular flexibility index (Phi) is 14.6. The molecule has 0 aromatic heterocycles. The molecule has 4 aliphatic rings. The second kappa shape index (κ2) is 17.9. The fourth-order valence-corrected chi connectivity index (χ4v) is 5.73. The average molecular weight is 551 g/mol. The van der Waals surface area contributed by atoms with Crippen LogP contribution in [0.5, 0.6) is 0 Å². The van der Waals surface area contributed by atoms with E-state index in [0.717, 1.165) is 78.5 Å². The lowest BCUT2D eigenvalue weighted by Crippen LogP contribution is -2.29. The molecule has 0 saturated heterocycles. The van der Waals surface area contributed by atoms with E-state index in [9.17, 15) is 0 Å². The normalized spacial score (nSPS) is 21.6. The quantitative estimate of drug-likeness (QED) is 0.476. The van der Waals surface area contributed by atoms with Crippen molar-refractivity contribution >= 4 is 0 Å². The van der Waals surface area contributed by atoms with Gasteiger partial charge in [-0.1, -0.05) is 48.5 Å². The molecule has 2 aromatic rings. The first kappa shape index (κ1) is 32.7. The van der Waals surface area contributed by atoms with Crippen LogP contribution in [-0.2, 0) is 26.2 Å². The lowest BCUT2D eigenvalue weighted by Gasteiger charge is -2.23. The summed E-state index contributed by atoms with van der Waals surface area (Å²) in [6.07, 6.45) is 4.84. The number of nitrogens with zero attached hydrogens (tertiary/aromatic N) is 6. The Balaban J connectivity index is 1.53. The van der Waals surface area contributed by atoms with Gasteiger partial charge in [-0.2, -0.15) is 0 Å². The first-order valence-corrected chi connectivity index (χ1v) is 15.5. The van der Waals surface area contributed by atoms with Crippen LogP contribution in [0.3, 0.4) is 0 Å². The summed E-state index contributed by atoms with van der Waals surface area (Å²) in [6.45, 7) is 13.3. The minimum atomic E-state index is 1.02. The zero-order valence-electron chi connectivity index (χ0n) is 26.6. The predicted molar refractivity (Wildman–Crippen MR) is 172 cm³/mol. The molecular weight excluding hydrogens is 492 g/mol. The molecule has 0 spiro atoms. The van der Waals surface area contributed by atoms with Gasteiger partial charge in [0.2, 0.25) is 0 Å². The molecule has 40 heavy (non-hydrogen) atoms. The van der Waals surface area contributed by atoms with Gasteiger partial charge in [-0.25, -0.2) is 0 Å². The Hall–Kier alpha value is -1.80. The third-order valence-electron chi connectivity index (χ3n) is 8.17. The van der Waals surface area contributed by atoms with Gasteiger partial charge in [0.05, 0.1) is 0 Å². The third kappa shape index (κ3) is 13.2. The molecular formula is C34H58N6. The zero-order chi connectivity index (χ0) is 28.7. The lowest BCUT2D eigenvalue weighted by atomic mass is 10.1. The van der Waals surface area contributed by atoms with Gasteiger partial charge in [-0.3, -0.25) is 0 Å². The summed E-state index contributed by atoms with van der Waals surface area (Å²) in [6, 6.07) is 18.6. The molecule has 0 saturated carbocycles. The van der Waals surface area contributed by atoms with E-state index in [2.05, 4.69) is 120 Å². The second-order valence-corrected chi connectivity index (χ2v) is 12.6. The Morgan fingerprint density at radius 2 is 0.475 bits per heavy atom. The van der Waals surface area contributed by atoms with E-state index in [1.165, 1.54) is 47.9 Å². The van der Waals surface area contributed by atoms with Gasteiger partial charge in [0, 0.05) is 26.2 Å². The number of hydrogen-bond donors (Lipinski definition) is 0. The SMILES string of the molecule is CN1CCCN(C)Cc2ccc(cc2)CN(C)CCCN(C)CCCN(C)Cc2ccc(cc2)CN(C)CCC1. The number of benzene rings is 2. The lowest BCUT2D eigenvalue weighted by molar-refractivity contribution is 0.252. The van der Waals surface area contributed by atoms with Gasteiger partial charge < -0.3 is 29.4 Å². The summed E-state index contributed by atoms with van der Waals surface area (Å²) < 4.78 is 0. The van der Waals surface area contributed by atoms with E-state index < -0.39 is 0 Å². The maximum Gasteiger partial charge on any atom is 0.0230 e. The van der Waals surface area contributed by atoms with Crippen LogP contribution in [0.4, 0.5) is 0 Å². The monoisotopic (exact) mass is 550 g/mol. The van der Waals surface area contributed by atoms with Crippen LogP contribution < -0.4 is 0 Å². The van der Waals surface area contributed by atoms with Crippen molar-refractivity contribution in [2.75, 3.05) is 94.6 Å². The molecule has 0 radical (unpaired) electrons. The van der Waals surface area contributed by atoms with Gasteiger partial charge in [-0.15, -0.1) is 0 Å². The van der Waals surface area contributed by atoms with E-state index >= 15 is 0 Å². The van der Waals surface area contributed by atoms with Crippen LogP contribution in [-0.4, -0.2) is 124 Å². The summed E-state index contributed by atoms with van der Waals surface area (Å²) in [4.78, 5) is 14.8. The highest BCUT2D eigenvalue weighted by molar-refractivity contribution is 5.23. The maximum absolute atomic E-state index is 2.50. The molecule has 224 valence electrons. The van der Waals surface area contributed by atoms with Crippen molar-refractivity contribution in [3.05, 3.63) is 70.8 Å². The van der Waals surface area contributed by atoms with Crippen molar-refractivity contribution in [2.45, 2.75) is 51.9 Å². The van der Waals surface area contributed by atoms with Crippen molar-refractivity contribution in [1.29, 1.82) is 0 Å². The van der Waals surface area contributed by atoms with E-state index in [1.807, 2.05) is 0 Å². The molecule has 4 heterocycles. The van der Waals surface area contributed by atoms with E-state index in [1.54, 1.807) is 0 Å². The summed E-state index contributed by atoms with van der Waals surface area (Å²) >= 11 is 0. The molecule has 0 fully saturated rings. The Morgan fingerprint density at radius 1 is 0.300 bits per heavy atom. The average Bonchev–Trinajstić information content (AvgIpc) is 2.90. The Morgan fingerprint density at radius 3 is 0.675 bits per heavy atom. The molecule has 4 bridgehead atoms. The highest BCUT2D eigenvalue weighted by Gasteiger charge is 2.08. The first-order valence-electron chi connectivity index (χ1n) is 15.5. The standard InChI is InChI=1S/C34H58N6/c1-35-19-7-23-37(3)27-31-11-15-33(16-12-31)29-39(5)25-9-21-36(2)22-10-26-40(6)30-34-17-13-32(14-18-34)28-38(4)24-8-20-35/h11-18H,7-10,19-30H2,1-6H3. The highest BCUT2D eigenvalue weighted by atomic mass is 15.1. The number of hydrogen-bond acceptors (Lipinski definition) is 6. The fourth-order valence-electron chi connectivity index (χ4n) is 5.73. The van der Waals surface area contributed by atoms with Crippen molar-refractivity contribution in [3.8, 4) is 0 Å². The maximum atomic E-state index is 2.50. The smallest absolute Gasteiger partial charge is 0.0230 e. The third-order valence-corrected chi connectivity index (χ3v) is 8.17. The summed E-state index contributed by atoms with van der Waals surface area (Å²) in [5.41, 5.74) is 5.64. The van der Waals surface area contributed by atoms with E-state index in [0.29, 0.717) is 0 Å². The van der Waals surface area contributed by atoms with Crippen LogP contribution in [0.15, 0.2) is 48.5 Å². The van der Waals surface area contributed by atoms with E-state index in [4.69, 9.17) is 0 Å². The molecule has 6 heteroatoms.